The molecule has 1 saturated heterocycles. The highest BCUT2D eigenvalue weighted by Gasteiger charge is 2.44. The lowest BCUT2D eigenvalue weighted by atomic mass is 9.89. The van der Waals surface area contributed by atoms with Crippen LogP contribution in [0.4, 0.5) is 16.2 Å². The molecule has 0 radical (unpaired) electrons. The number of ether oxygens (including phenoxy) is 2. The molecular formula is C60H94N12O10. The molecule has 22 nitrogen and oxygen atoms in total. The second kappa shape index (κ2) is 32.2. The summed E-state index contributed by atoms with van der Waals surface area (Å²) in [5.74, 6) is -4.18. The maximum Gasteiger partial charge on any atom is 0.312 e. The number of nitrogens with zero attached hydrogens (tertiary/aromatic N) is 4. The minimum atomic E-state index is -1.13. The lowest BCUT2D eigenvalue weighted by molar-refractivity contribution is -0.148. The number of urea groups is 1. The average molecular weight is 1140 g/mol. The number of anilines is 2. The Morgan fingerprint density at radius 2 is 1.39 bits per heavy atom. The van der Waals surface area contributed by atoms with Gasteiger partial charge in [0.05, 0.1) is 66.1 Å². The highest BCUT2D eigenvalue weighted by atomic mass is 16.5. The van der Waals surface area contributed by atoms with Gasteiger partial charge in [0.25, 0.3) is 0 Å². The van der Waals surface area contributed by atoms with Crippen molar-refractivity contribution in [1.82, 2.24) is 41.0 Å². The monoisotopic (exact) mass is 1140 g/mol. The molecule has 2 heterocycles. The summed E-state index contributed by atoms with van der Waals surface area (Å²) in [5.41, 5.74) is 13.5. The summed E-state index contributed by atoms with van der Waals surface area (Å²) in [5, 5.41) is 17.8. The highest BCUT2D eigenvalue weighted by molar-refractivity contribution is 6.00. The highest BCUT2D eigenvalue weighted by Crippen LogP contribution is 2.30. The van der Waals surface area contributed by atoms with Crippen molar-refractivity contribution in [2.24, 2.45) is 41.1 Å². The van der Waals surface area contributed by atoms with Crippen LogP contribution in [0.2, 0.25) is 0 Å². The SMILES string of the molecule is CC[C@H](C)C([C@@H](CC(=O)N1CCC[C@H]1[C@H](OC)[C@@H](C)C(=O)NC(Cc1ccc(NC(=O)[C@@H](CCCNC(N)=O)NC(=O)[C@H](N)C(C)C)cc1)C(=O)Nc1cnc2ccccc2c1)OC)N(C)C(=O)C(NC(=O)[C@H](C(C)C)N(C)C)C(C)C. The van der Waals surface area contributed by atoms with Gasteiger partial charge in [-0.15, -0.1) is 0 Å². The summed E-state index contributed by atoms with van der Waals surface area (Å²) >= 11 is 0. The number of fused-ring (bicyclic) bond motifs is 1. The van der Waals surface area contributed by atoms with Crippen LogP contribution in [0.3, 0.4) is 0 Å². The molecule has 0 spiro atoms. The van der Waals surface area contributed by atoms with Gasteiger partial charge in [-0.25, -0.2) is 4.79 Å². The topological polar surface area (TPSA) is 302 Å². The van der Waals surface area contributed by atoms with E-state index in [0.29, 0.717) is 49.2 Å². The molecule has 1 aromatic heterocycles. The molecule has 2 aromatic carbocycles. The number of benzene rings is 2. The number of hydrogen-bond acceptors (Lipinski definition) is 13. The molecule has 3 unspecified atom stereocenters. The van der Waals surface area contributed by atoms with E-state index in [1.807, 2.05) is 84.8 Å². The van der Waals surface area contributed by atoms with Crippen LogP contribution in [-0.2, 0) is 49.5 Å². The first-order valence-corrected chi connectivity index (χ1v) is 28.8. The molecular weight excluding hydrogens is 1050 g/mol. The standard InChI is InChI=1S/C60H94N12O10/c1-15-37(8)52(71(12)59(79)50(35(4)5)69-58(78)51(36(6)7)70(10)11)47(81-13)32-48(73)72-29-19-23-46(72)53(82-14)38(9)54(74)68-45(56(76)66-42-31-40-20-16-17-21-43(40)64-33-42)30-39-24-26-41(27-25-39)65-55(75)44(22-18-28-63-60(62)80)67-57(77)49(61)34(2)3/h16-17,20-21,24-27,31,33-38,44-47,49-53H,15,18-19,22-23,28-30,32,61H2,1-14H3,(H,65,75)(H,66,76)(H,67,77)(H,68,74)(H,69,78)(H3,62,63,80)/t37-,38+,44+,45?,46-,47+,49+,50?,51-,52?,53+/m0/s1. The van der Waals surface area contributed by atoms with Gasteiger partial charge in [-0.05, 0) is 93.3 Å². The molecule has 11 atom stereocenters. The Bertz CT molecular complexity index is 2610. The van der Waals surface area contributed by atoms with Crippen molar-refractivity contribution in [3.63, 3.8) is 0 Å². The summed E-state index contributed by atoms with van der Waals surface area (Å²) in [7, 11) is 8.40. The summed E-state index contributed by atoms with van der Waals surface area (Å²) in [6.07, 6.45) is 2.35. The summed E-state index contributed by atoms with van der Waals surface area (Å²) in [4.78, 5) is 119. The van der Waals surface area contributed by atoms with Crippen LogP contribution in [0.1, 0.15) is 106 Å². The van der Waals surface area contributed by atoms with Crippen LogP contribution < -0.4 is 43.4 Å². The Hall–Kier alpha value is -6.75. The van der Waals surface area contributed by atoms with Crippen LogP contribution in [0.5, 0.6) is 0 Å². The number of nitrogens with one attached hydrogen (secondary N) is 6. The zero-order valence-corrected chi connectivity index (χ0v) is 50.7. The molecule has 1 aliphatic heterocycles. The number of aromatic nitrogens is 1. The molecule has 1 aliphatic rings. The van der Waals surface area contributed by atoms with Gasteiger partial charge in [-0.1, -0.05) is 99.1 Å². The van der Waals surface area contributed by atoms with E-state index in [1.54, 1.807) is 74.1 Å². The number of likely N-dealkylation sites (tertiary alicyclic amines) is 1. The first kappa shape index (κ1) is 67.8. The number of methoxy groups -OCH3 is 2. The lowest BCUT2D eigenvalue weighted by Crippen LogP contribution is -2.59. The Kier molecular flexibility index (Phi) is 26.6. The molecule has 10 N–H and O–H groups in total. The van der Waals surface area contributed by atoms with E-state index in [1.165, 1.54) is 14.2 Å². The maximum atomic E-state index is 14.6. The third-order valence-electron chi connectivity index (χ3n) is 15.7. The molecule has 82 heavy (non-hydrogen) atoms. The predicted octanol–water partition coefficient (Wildman–Crippen LogP) is 4.40. The van der Waals surface area contributed by atoms with Crippen molar-refractivity contribution in [1.29, 1.82) is 0 Å². The van der Waals surface area contributed by atoms with Gasteiger partial charge in [-0.3, -0.25) is 43.4 Å². The Morgan fingerprint density at radius 1 is 0.756 bits per heavy atom. The predicted molar refractivity (Wildman–Crippen MR) is 318 cm³/mol. The normalized spacial score (nSPS) is 17.2. The summed E-state index contributed by atoms with van der Waals surface area (Å²) in [6, 6.07) is 9.94. The smallest absolute Gasteiger partial charge is 0.312 e. The third kappa shape index (κ3) is 18.9. The fourth-order valence-corrected chi connectivity index (χ4v) is 10.8. The maximum absolute atomic E-state index is 14.6. The number of carbonyl (C=O) groups excluding carboxylic acids is 8. The number of para-hydroxylation sites is 1. The minimum absolute atomic E-state index is 0.00189. The van der Waals surface area contributed by atoms with Gasteiger partial charge < -0.3 is 62.6 Å². The van der Waals surface area contributed by atoms with Crippen molar-refractivity contribution in [3.8, 4) is 0 Å². The molecule has 1 fully saturated rings. The molecule has 4 rings (SSSR count). The van der Waals surface area contributed by atoms with Gasteiger partial charge in [-0.2, -0.15) is 0 Å². The zero-order valence-electron chi connectivity index (χ0n) is 50.7. The van der Waals surface area contributed by atoms with E-state index in [9.17, 15) is 38.4 Å². The van der Waals surface area contributed by atoms with Crippen molar-refractivity contribution in [2.45, 2.75) is 162 Å². The molecule has 0 aliphatic carbocycles. The van der Waals surface area contributed by atoms with Crippen molar-refractivity contribution < 1.29 is 47.8 Å². The van der Waals surface area contributed by atoms with Crippen LogP contribution in [0.15, 0.2) is 60.8 Å². The van der Waals surface area contributed by atoms with Crippen LogP contribution in [0, 0.1) is 29.6 Å². The Morgan fingerprint density at radius 3 is 1.98 bits per heavy atom. The van der Waals surface area contributed by atoms with Gasteiger partial charge in [0.1, 0.15) is 18.1 Å². The molecule has 22 heteroatoms. The lowest BCUT2D eigenvalue weighted by Gasteiger charge is -2.41. The quantitative estimate of drug-likeness (QED) is 0.0415. The molecule has 0 saturated carbocycles. The van der Waals surface area contributed by atoms with Gasteiger partial charge in [0.15, 0.2) is 0 Å². The summed E-state index contributed by atoms with van der Waals surface area (Å²) in [6.45, 7) is 17.6. The van der Waals surface area contributed by atoms with E-state index in [2.05, 4.69) is 36.9 Å². The number of nitrogens with two attached hydrogens (primary N) is 2. The zero-order chi connectivity index (χ0) is 61.1. The third-order valence-corrected chi connectivity index (χ3v) is 15.7. The van der Waals surface area contributed by atoms with Crippen LogP contribution in [0.25, 0.3) is 10.9 Å². The minimum Gasteiger partial charge on any atom is -0.379 e. The van der Waals surface area contributed by atoms with Gasteiger partial charge in [0.2, 0.25) is 41.4 Å². The second-order valence-corrected chi connectivity index (χ2v) is 23.1. The van der Waals surface area contributed by atoms with Gasteiger partial charge in [0, 0.05) is 51.9 Å². The molecule has 454 valence electrons. The number of amides is 9. The number of pyridine rings is 1. The fraction of sp³-hybridized carbons (Fsp3) is 0.617. The van der Waals surface area contributed by atoms with E-state index in [-0.39, 0.29) is 67.2 Å². The first-order chi connectivity index (χ1) is 38.7. The molecule has 9 amide bonds. The van der Waals surface area contributed by atoms with E-state index in [4.69, 9.17) is 20.9 Å². The Balaban J connectivity index is 1.56. The van der Waals surface area contributed by atoms with Crippen LogP contribution in [-0.4, -0.2) is 170 Å². The van der Waals surface area contributed by atoms with E-state index >= 15 is 0 Å². The van der Waals surface area contributed by atoms with Crippen molar-refractivity contribution in [3.05, 3.63) is 66.4 Å². The van der Waals surface area contributed by atoms with E-state index in [0.717, 1.165) is 10.9 Å². The molecule has 3 aromatic rings. The van der Waals surface area contributed by atoms with Crippen LogP contribution >= 0.6 is 0 Å². The number of rotatable bonds is 31. The largest absolute Gasteiger partial charge is 0.379 e. The first-order valence-electron chi connectivity index (χ1n) is 28.8. The van der Waals surface area contributed by atoms with Gasteiger partial charge >= 0.3 is 6.03 Å². The van der Waals surface area contributed by atoms with Crippen molar-refractivity contribution in [2.75, 3.05) is 59.1 Å². The second-order valence-electron chi connectivity index (χ2n) is 23.1. The number of likely N-dealkylation sites (N-methyl/N-ethyl adjacent to an activating group) is 2. The number of hydrogen-bond donors (Lipinski definition) is 8. The molecule has 0 bridgehead atoms. The fourth-order valence-electron chi connectivity index (χ4n) is 10.8. The average Bonchev–Trinajstić information content (AvgIpc) is 3.99. The summed E-state index contributed by atoms with van der Waals surface area (Å²) < 4.78 is 12.2. The van der Waals surface area contributed by atoms with E-state index < -0.39 is 90.1 Å². The van der Waals surface area contributed by atoms with Crippen molar-refractivity contribution >= 4 is 69.7 Å². The number of primary amides is 1. The number of carbonyl (C=O) groups is 8. The Labute approximate surface area is 485 Å².